The van der Waals surface area contributed by atoms with E-state index in [-0.39, 0.29) is 17.5 Å². The van der Waals surface area contributed by atoms with Crippen molar-refractivity contribution in [3.8, 4) is 11.4 Å². The lowest BCUT2D eigenvalue weighted by Gasteiger charge is -2.33. The average molecular weight is 403 g/mol. The summed E-state index contributed by atoms with van der Waals surface area (Å²) in [7, 11) is 1.64. The normalized spacial score (nSPS) is 18.0. The summed E-state index contributed by atoms with van der Waals surface area (Å²) in [5.74, 6) is 1.32. The summed E-state index contributed by atoms with van der Waals surface area (Å²) in [6.45, 7) is 1.95. The molecule has 0 spiro atoms. The number of allylic oxidation sites excluding steroid dienone is 2. The van der Waals surface area contributed by atoms with Gasteiger partial charge in [-0.2, -0.15) is 5.10 Å². The van der Waals surface area contributed by atoms with Crippen molar-refractivity contribution in [2.24, 2.45) is 0 Å². The van der Waals surface area contributed by atoms with Gasteiger partial charge in [-0.25, -0.2) is 9.07 Å². The van der Waals surface area contributed by atoms with E-state index >= 15 is 0 Å². The summed E-state index contributed by atoms with van der Waals surface area (Å²) in [6, 6.07) is 14.1. The summed E-state index contributed by atoms with van der Waals surface area (Å²) in [6.07, 6.45) is 2.22. The number of methoxy groups -OCH3 is 1. The zero-order chi connectivity index (χ0) is 20.8. The van der Waals surface area contributed by atoms with Gasteiger partial charge in [0.25, 0.3) is 0 Å². The Bertz CT molecular complexity index is 1160. The maximum atomic E-state index is 13.5. The van der Waals surface area contributed by atoms with Crippen LogP contribution in [0.25, 0.3) is 5.69 Å². The lowest BCUT2D eigenvalue weighted by Crippen LogP contribution is -2.27. The number of aromatic nitrogens is 2. The minimum absolute atomic E-state index is 0.184. The number of ether oxygens (including phenoxy) is 1. The van der Waals surface area contributed by atoms with Crippen LogP contribution in [0.5, 0.6) is 5.75 Å². The van der Waals surface area contributed by atoms with Crippen LogP contribution in [-0.2, 0) is 4.79 Å². The highest BCUT2D eigenvalue weighted by Gasteiger charge is 2.38. The number of benzene rings is 2. The molecule has 30 heavy (non-hydrogen) atoms. The standard InChI is InChI=1S/C24H22FN3O2/c1-14-21-22(15-6-12-18(30-2)13-7-15)23-19(4-3-5-20(23)29)26-24(21)28(27-14)17-10-8-16(25)9-11-17/h6-13,22,26H,3-5H2,1-2H3/t22-/m0/s1. The van der Waals surface area contributed by atoms with Crippen molar-refractivity contribution in [3.63, 3.8) is 0 Å². The monoisotopic (exact) mass is 403 g/mol. The molecule has 1 aliphatic heterocycles. The number of hydrogen-bond acceptors (Lipinski definition) is 4. The number of halogens is 1. The number of hydrogen-bond donors (Lipinski definition) is 1. The van der Waals surface area contributed by atoms with Gasteiger partial charge in [-0.15, -0.1) is 0 Å². The molecule has 2 aliphatic rings. The van der Waals surface area contributed by atoms with Crippen LogP contribution in [0.3, 0.4) is 0 Å². The van der Waals surface area contributed by atoms with Gasteiger partial charge in [-0.05, 0) is 61.7 Å². The van der Waals surface area contributed by atoms with E-state index in [0.29, 0.717) is 6.42 Å². The van der Waals surface area contributed by atoms with Crippen LogP contribution in [0.15, 0.2) is 59.8 Å². The molecule has 1 aliphatic carbocycles. The average Bonchev–Trinajstić information content (AvgIpc) is 3.09. The molecule has 1 atom stereocenters. The molecule has 5 rings (SSSR count). The van der Waals surface area contributed by atoms with E-state index < -0.39 is 0 Å². The van der Waals surface area contributed by atoms with Crippen molar-refractivity contribution in [2.75, 3.05) is 12.4 Å². The van der Waals surface area contributed by atoms with Gasteiger partial charge in [-0.1, -0.05) is 12.1 Å². The molecule has 0 radical (unpaired) electrons. The van der Waals surface area contributed by atoms with Crippen LogP contribution in [0.2, 0.25) is 0 Å². The quantitative estimate of drug-likeness (QED) is 0.676. The highest BCUT2D eigenvalue weighted by Crippen LogP contribution is 2.47. The molecule has 5 nitrogen and oxygen atoms in total. The van der Waals surface area contributed by atoms with E-state index in [4.69, 9.17) is 9.84 Å². The van der Waals surface area contributed by atoms with E-state index in [1.54, 1.807) is 19.2 Å². The molecule has 2 heterocycles. The highest BCUT2D eigenvalue weighted by atomic mass is 19.1. The summed E-state index contributed by atoms with van der Waals surface area (Å²) >= 11 is 0. The van der Waals surface area contributed by atoms with Crippen LogP contribution in [0.4, 0.5) is 10.2 Å². The van der Waals surface area contributed by atoms with Crippen molar-refractivity contribution in [1.82, 2.24) is 9.78 Å². The first-order valence-corrected chi connectivity index (χ1v) is 10.1. The molecule has 1 aromatic heterocycles. The molecule has 6 heteroatoms. The third kappa shape index (κ3) is 2.91. The smallest absolute Gasteiger partial charge is 0.161 e. The van der Waals surface area contributed by atoms with Crippen molar-refractivity contribution in [1.29, 1.82) is 0 Å². The number of carbonyl (C=O) groups excluding carboxylic acids is 1. The number of Topliss-reactive ketones (excluding diaryl/α,β-unsaturated/α-hetero) is 1. The predicted molar refractivity (Wildman–Crippen MR) is 113 cm³/mol. The second kappa shape index (κ2) is 7.13. The van der Waals surface area contributed by atoms with E-state index in [1.807, 2.05) is 35.9 Å². The highest BCUT2D eigenvalue weighted by molar-refractivity contribution is 6.01. The first-order chi connectivity index (χ1) is 14.6. The van der Waals surface area contributed by atoms with Crippen LogP contribution < -0.4 is 10.1 Å². The number of ketones is 1. The third-order valence-electron chi connectivity index (χ3n) is 5.93. The Hall–Kier alpha value is -3.41. The predicted octanol–water partition coefficient (Wildman–Crippen LogP) is 4.89. The van der Waals surface area contributed by atoms with Crippen LogP contribution in [0, 0.1) is 12.7 Å². The fourth-order valence-corrected chi connectivity index (χ4v) is 4.52. The van der Waals surface area contributed by atoms with E-state index in [1.165, 1.54) is 12.1 Å². The fraction of sp³-hybridized carbons (Fsp3) is 0.250. The largest absolute Gasteiger partial charge is 0.497 e. The molecule has 3 aromatic rings. The molecule has 0 amide bonds. The van der Waals surface area contributed by atoms with E-state index in [2.05, 4.69) is 5.32 Å². The molecular weight excluding hydrogens is 381 g/mol. The molecule has 0 saturated carbocycles. The summed E-state index contributed by atoms with van der Waals surface area (Å²) < 4.78 is 20.6. The van der Waals surface area contributed by atoms with Crippen molar-refractivity contribution in [3.05, 3.63) is 82.4 Å². The molecule has 0 unspecified atom stereocenters. The fourth-order valence-electron chi connectivity index (χ4n) is 4.52. The zero-order valence-corrected chi connectivity index (χ0v) is 16.9. The minimum atomic E-state index is -0.288. The zero-order valence-electron chi connectivity index (χ0n) is 16.9. The SMILES string of the molecule is COc1ccc([C@@H]2C3=C(CCCC3=O)Nc3c2c(C)nn3-c2ccc(F)cc2)cc1. The van der Waals surface area contributed by atoms with E-state index in [9.17, 15) is 9.18 Å². The Morgan fingerprint density at radius 2 is 1.83 bits per heavy atom. The molecule has 152 valence electrons. The Balaban J connectivity index is 1.71. The lowest BCUT2D eigenvalue weighted by molar-refractivity contribution is -0.116. The van der Waals surface area contributed by atoms with Crippen LogP contribution in [0.1, 0.15) is 42.0 Å². The van der Waals surface area contributed by atoms with E-state index in [0.717, 1.165) is 58.2 Å². The summed E-state index contributed by atoms with van der Waals surface area (Å²) in [5.41, 5.74) is 5.42. The maximum Gasteiger partial charge on any atom is 0.161 e. The van der Waals surface area contributed by atoms with Crippen molar-refractivity contribution >= 4 is 11.6 Å². The molecule has 0 fully saturated rings. The Morgan fingerprint density at radius 3 is 2.53 bits per heavy atom. The first-order valence-electron chi connectivity index (χ1n) is 10.1. The van der Waals surface area contributed by atoms with Gasteiger partial charge in [-0.3, -0.25) is 4.79 Å². The number of fused-ring (bicyclic) bond motifs is 1. The van der Waals surface area contributed by atoms with Gasteiger partial charge in [0, 0.05) is 29.2 Å². The molecule has 2 aromatic carbocycles. The summed E-state index contributed by atoms with van der Waals surface area (Å²) in [5, 5.41) is 8.25. The molecule has 0 saturated heterocycles. The summed E-state index contributed by atoms with van der Waals surface area (Å²) in [4.78, 5) is 13.0. The van der Waals surface area contributed by atoms with Gasteiger partial charge in [0.15, 0.2) is 5.78 Å². The van der Waals surface area contributed by atoms with Gasteiger partial charge in [0.2, 0.25) is 0 Å². The molecule has 0 bridgehead atoms. The Labute approximate surface area is 174 Å². The van der Waals surface area contributed by atoms with Crippen molar-refractivity contribution in [2.45, 2.75) is 32.1 Å². The Morgan fingerprint density at radius 1 is 1.10 bits per heavy atom. The van der Waals surface area contributed by atoms with Gasteiger partial charge < -0.3 is 10.1 Å². The topological polar surface area (TPSA) is 56.1 Å². The first kappa shape index (κ1) is 18.6. The second-order valence-electron chi connectivity index (χ2n) is 7.74. The lowest BCUT2D eigenvalue weighted by atomic mass is 9.76. The van der Waals surface area contributed by atoms with Gasteiger partial charge >= 0.3 is 0 Å². The van der Waals surface area contributed by atoms with Gasteiger partial charge in [0.1, 0.15) is 17.4 Å². The number of rotatable bonds is 3. The Kier molecular flexibility index (Phi) is 4.42. The number of nitrogens with zero attached hydrogens (tertiary/aromatic N) is 2. The minimum Gasteiger partial charge on any atom is -0.497 e. The maximum absolute atomic E-state index is 13.5. The number of aryl methyl sites for hydroxylation is 1. The molecule has 1 N–H and O–H groups in total. The van der Waals surface area contributed by atoms with Gasteiger partial charge in [0.05, 0.1) is 18.5 Å². The number of anilines is 1. The number of nitrogens with one attached hydrogen (secondary N) is 1. The van der Waals surface area contributed by atoms with Crippen LogP contribution >= 0.6 is 0 Å². The van der Waals surface area contributed by atoms with Crippen LogP contribution in [-0.4, -0.2) is 22.7 Å². The number of carbonyl (C=O) groups is 1. The third-order valence-corrected chi connectivity index (χ3v) is 5.93. The van der Waals surface area contributed by atoms with Crippen molar-refractivity contribution < 1.29 is 13.9 Å². The second-order valence-corrected chi connectivity index (χ2v) is 7.74. The molecular formula is C24H22FN3O2.